The predicted octanol–water partition coefficient (Wildman–Crippen LogP) is 6.04. The summed E-state index contributed by atoms with van der Waals surface area (Å²) < 4.78 is 19.0. The number of carbonyl (C=O) groups is 1. The molecule has 0 saturated heterocycles. The third kappa shape index (κ3) is 7.20. The molecule has 1 saturated carbocycles. The minimum atomic E-state index is -1.17. The molecule has 1 aromatic carbocycles. The van der Waals surface area contributed by atoms with E-state index in [-0.39, 0.29) is 5.92 Å². The lowest BCUT2D eigenvalue weighted by Crippen LogP contribution is -2.25. The molecule has 204 valence electrons. The Kier molecular flexibility index (Phi) is 9.16. The monoisotopic (exact) mass is 537 g/mol. The summed E-state index contributed by atoms with van der Waals surface area (Å²) in [6, 6.07) is 8.99. The van der Waals surface area contributed by atoms with Crippen molar-refractivity contribution in [2.45, 2.75) is 70.6 Å². The molecule has 1 atom stereocenters. The largest absolute Gasteiger partial charge is 0.496 e. The lowest BCUT2D eigenvalue weighted by Gasteiger charge is -2.30. The molecule has 3 aromatic rings. The van der Waals surface area contributed by atoms with Crippen molar-refractivity contribution in [2.24, 2.45) is 11.7 Å². The van der Waals surface area contributed by atoms with Crippen LogP contribution in [0, 0.1) is 5.92 Å². The number of benzene rings is 1. The number of ether oxygens (including phenoxy) is 3. The van der Waals surface area contributed by atoms with Crippen LogP contribution in [0.5, 0.6) is 5.75 Å². The molecule has 2 N–H and O–H groups in total. The molecule has 0 radical (unpaired) electrons. The normalized spacial score (nSPS) is 15.3. The van der Waals surface area contributed by atoms with Crippen molar-refractivity contribution >= 4 is 14.2 Å². The van der Waals surface area contributed by atoms with E-state index in [0.29, 0.717) is 24.9 Å². The number of aromatic nitrogens is 4. The molecule has 4 rings (SSSR count). The van der Waals surface area contributed by atoms with Crippen LogP contribution in [0.4, 0.5) is 4.79 Å². The summed E-state index contributed by atoms with van der Waals surface area (Å²) in [5.74, 6) is 1.62. The zero-order chi connectivity index (χ0) is 27.1. The fraction of sp³-hybridized carbons (Fsp3) is 0.500. The molecule has 38 heavy (non-hydrogen) atoms. The summed E-state index contributed by atoms with van der Waals surface area (Å²) in [4.78, 5) is 20.8. The van der Waals surface area contributed by atoms with Gasteiger partial charge in [0.25, 0.3) is 0 Å². The molecular formula is C28H39N5O4Si. The second-order valence-electron chi connectivity index (χ2n) is 11.1. The molecule has 1 unspecified atom stereocenters. The number of hydrogen-bond donors (Lipinski definition) is 1. The van der Waals surface area contributed by atoms with Crippen LogP contribution in [-0.2, 0) is 16.2 Å². The summed E-state index contributed by atoms with van der Waals surface area (Å²) in [6.45, 7) is 8.02. The maximum Gasteiger partial charge on any atom is 0.405 e. The lowest BCUT2D eigenvalue weighted by molar-refractivity contribution is 0.0534. The zero-order valence-electron chi connectivity index (χ0n) is 22.9. The standard InChI is InChI=1S/C28H39N5O4Si/c1-35-25-11-10-21(26(37-28(29)34)20-8-6-5-7-9-20)15-24(25)22-14-23(17-30-16-22)27-31-18-32-33(27)19-36-12-13-38(2,3)4/h10-11,14-18,20,26H,5-9,12-13,19H2,1-4H3,(H2,29,34). The molecule has 10 heteroatoms. The van der Waals surface area contributed by atoms with Gasteiger partial charge in [-0.3, -0.25) is 4.98 Å². The maximum absolute atomic E-state index is 11.8. The summed E-state index contributed by atoms with van der Waals surface area (Å²) >= 11 is 0. The van der Waals surface area contributed by atoms with Crippen LogP contribution in [0.1, 0.15) is 43.8 Å². The van der Waals surface area contributed by atoms with Gasteiger partial charge in [0.15, 0.2) is 5.82 Å². The van der Waals surface area contributed by atoms with E-state index in [9.17, 15) is 4.79 Å². The van der Waals surface area contributed by atoms with Crippen LogP contribution in [-0.4, -0.2) is 47.6 Å². The highest BCUT2D eigenvalue weighted by atomic mass is 28.3. The molecule has 0 bridgehead atoms. The average molecular weight is 538 g/mol. The highest BCUT2D eigenvalue weighted by molar-refractivity contribution is 6.76. The average Bonchev–Trinajstić information content (AvgIpc) is 3.38. The molecule has 0 spiro atoms. The van der Waals surface area contributed by atoms with Crippen molar-refractivity contribution in [1.29, 1.82) is 0 Å². The van der Waals surface area contributed by atoms with E-state index < -0.39 is 20.3 Å². The van der Waals surface area contributed by atoms with Gasteiger partial charge in [0, 0.05) is 49.7 Å². The van der Waals surface area contributed by atoms with Crippen molar-refractivity contribution in [3.63, 3.8) is 0 Å². The van der Waals surface area contributed by atoms with Gasteiger partial charge >= 0.3 is 6.09 Å². The minimum Gasteiger partial charge on any atom is -0.496 e. The molecule has 1 fully saturated rings. The number of amides is 1. The van der Waals surface area contributed by atoms with Gasteiger partial charge in [-0.15, -0.1) is 0 Å². The minimum absolute atomic E-state index is 0.237. The predicted molar refractivity (Wildman–Crippen MR) is 149 cm³/mol. The number of pyridine rings is 1. The van der Waals surface area contributed by atoms with Crippen LogP contribution < -0.4 is 10.5 Å². The summed E-state index contributed by atoms with van der Waals surface area (Å²) in [5, 5.41) is 4.36. The number of primary amides is 1. The van der Waals surface area contributed by atoms with Gasteiger partial charge in [-0.25, -0.2) is 14.5 Å². The fourth-order valence-electron chi connectivity index (χ4n) is 4.95. The number of methoxy groups -OCH3 is 1. The summed E-state index contributed by atoms with van der Waals surface area (Å²) in [7, 11) is 0.471. The first-order valence-electron chi connectivity index (χ1n) is 13.3. The van der Waals surface area contributed by atoms with Crippen LogP contribution in [0.2, 0.25) is 25.7 Å². The first kappa shape index (κ1) is 27.8. The van der Waals surface area contributed by atoms with Gasteiger partial charge in [-0.1, -0.05) is 45.0 Å². The Morgan fingerprint density at radius 1 is 1.13 bits per heavy atom. The molecule has 2 aromatic heterocycles. The van der Waals surface area contributed by atoms with Crippen molar-refractivity contribution in [2.75, 3.05) is 13.7 Å². The topological polar surface area (TPSA) is 114 Å². The maximum atomic E-state index is 11.8. The number of nitrogens with zero attached hydrogens (tertiary/aromatic N) is 4. The molecule has 1 aliphatic carbocycles. The number of carbonyl (C=O) groups excluding carboxylic acids is 1. The van der Waals surface area contributed by atoms with Gasteiger partial charge < -0.3 is 19.9 Å². The first-order chi connectivity index (χ1) is 18.2. The van der Waals surface area contributed by atoms with Gasteiger partial charge in [-0.2, -0.15) is 5.10 Å². The Hall–Kier alpha value is -3.24. The van der Waals surface area contributed by atoms with Crippen molar-refractivity contribution in [3.8, 4) is 28.3 Å². The summed E-state index contributed by atoms with van der Waals surface area (Å²) in [6.07, 6.45) is 9.41. The number of nitrogens with two attached hydrogens (primary N) is 1. The Balaban J connectivity index is 1.62. The van der Waals surface area contributed by atoms with Crippen molar-refractivity contribution in [1.82, 2.24) is 19.7 Å². The fourth-order valence-corrected chi connectivity index (χ4v) is 5.70. The van der Waals surface area contributed by atoms with Crippen LogP contribution in [0.3, 0.4) is 0 Å². The Morgan fingerprint density at radius 2 is 1.89 bits per heavy atom. The third-order valence-electron chi connectivity index (χ3n) is 7.01. The Bertz CT molecular complexity index is 1220. The van der Waals surface area contributed by atoms with Crippen LogP contribution in [0.25, 0.3) is 22.5 Å². The highest BCUT2D eigenvalue weighted by Crippen LogP contribution is 2.40. The molecular weight excluding hydrogens is 498 g/mol. The SMILES string of the molecule is COc1ccc(C(OC(N)=O)C2CCCCC2)cc1-c1cncc(-c2ncnn2COCC[Si](C)(C)C)c1. The number of rotatable bonds is 11. The molecule has 1 amide bonds. The summed E-state index contributed by atoms with van der Waals surface area (Å²) in [5.41, 5.74) is 8.90. The van der Waals surface area contributed by atoms with Crippen LogP contribution >= 0.6 is 0 Å². The third-order valence-corrected chi connectivity index (χ3v) is 8.71. The number of hydrogen-bond acceptors (Lipinski definition) is 7. The lowest BCUT2D eigenvalue weighted by atomic mass is 9.82. The molecule has 1 aliphatic rings. The van der Waals surface area contributed by atoms with E-state index in [2.05, 4.69) is 34.7 Å². The Morgan fingerprint density at radius 3 is 2.61 bits per heavy atom. The van der Waals surface area contributed by atoms with Gasteiger partial charge in [0.1, 0.15) is 24.9 Å². The molecule has 9 nitrogen and oxygen atoms in total. The van der Waals surface area contributed by atoms with E-state index in [1.807, 2.05) is 24.3 Å². The van der Waals surface area contributed by atoms with E-state index in [1.54, 1.807) is 24.2 Å². The van der Waals surface area contributed by atoms with Gasteiger partial charge in [-0.05, 0) is 42.6 Å². The van der Waals surface area contributed by atoms with Gasteiger partial charge in [0.05, 0.1) is 7.11 Å². The Labute approximate surface area is 225 Å². The van der Waals surface area contributed by atoms with Crippen molar-refractivity contribution < 1.29 is 19.0 Å². The molecule has 0 aliphatic heterocycles. The zero-order valence-corrected chi connectivity index (χ0v) is 23.9. The molecule has 2 heterocycles. The van der Waals surface area contributed by atoms with E-state index in [1.165, 1.54) is 12.7 Å². The van der Waals surface area contributed by atoms with Gasteiger partial charge in [0.2, 0.25) is 0 Å². The second-order valence-corrected chi connectivity index (χ2v) is 16.7. The van der Waals surface area contributed by atoms with E-state index in [0.717, 1.165) is 54.0 Å². The second kappa shape index (κ2) is 12.5. The first-order valence-corrected chi connectivity index (χ1v) is 17.0. The highest BCUT2D eigenvalue weighted by Gasteiger charge is 2.29. The quantitative estimate of drug-likeness (QED) is 0.234. The van der Waals surface area contributed by atoms with Crippen LogP contribution in [0.15, 0.2) is 43.0 Å². The smallest absolute Gasteiger partial charge is 0.405 e. The van der Waals surface area contributed by atoms with E-state index in [4.69, 9.17) is 19.9 Å². The van der Waals surface area contributed by atoms with Crippen molar-refractivity contribution in [3.05, 3.63) is 48.5 Å². The van der Waals surface area contributed by atoms with E-state index >= 15 is 0 Å².